The van der Waals surface area contributed by atoms with Gasteiger partial charge >= 0.3 is 5.97 Å². The van der Waals surface area contributed by atoms with Gasteiger partial charge in [0.05, 0.1) is 19.2 Å². The molecule has 2 N–H and O–H groups in total. The van der Waals surface area contributed by atoms with Crippen LogP contribution in [0, 0.1) is 0 Å². The molecule has 3 rings (SSSR count). The van der Waals surface area contributed by atoms with Crippen molar-refractivity contribution in [2.45, 2.75) is 30.9 Å². The Hall–Kier alpha value is -2.35. The molecular formula is C16H17N3O4S. The molecule has 24 heavy (non-hydrogen) atoms. The van der Waals surface area contributed by atoms with Gasteiger partial charge in [0.15, 0.2) is 5.17 Å². The van der Waals surface area contributed by atoms with Gasteiger partial charge in [-0.2, -0.15) is 5.10 Å². The summed E-state index contributed by atoms with van der Waals surface area (Å²) in [5.41, 5.74) is 3.08. The second-order valence-electron chi connectivity index (χ2n) is 5.52. The normalized spacial score (nSPS) is 23.2. The van der Waals surface area contributed by atoms with Gasteiger partial charge in [0.1, 0.15) is 11.0 Å². The van der Waals surface area contributed by atoms with Crippen LogP contribution in [0.2, 0.25) is 0 Å². The smallest absolute Gasteiger partial charge is 0.305 e. The highest BCUT2D eigenvalue weighted by molar-refractivity contribution is 8.15. The Morgan fingerprint density at radius 2 is 2.25 bits per heavy atom. The first kappa shape index (κ1) is 16.5. The minimum atomic E-state index is -1.01. The molecule has 1 aromatic rings. The van der Waals surface area contributed by atoms with Crippen LogP contribution in [0.15, 0.2) is 28.4 Å². The SMILES string of the molecule is COc1ccc2c(c1)CCC/C2=N/N=C1\NC(=O)[C@@H](CC(=O)O)S1. The van der Waals surface area contributed by atoms with E-state index < -0.39 is 11.2 Å². The number of nitrogens with one attached hydrogen (secondary N) is 1. The van der Waals surface area contributed by atoms with Crippen molar-refractivity contribution in [3.63, 3.8) is 0 Å². The van der Waals surface area contributed by atoms with Gasteiger partial charge in [-0.25, -0.2) is 0 Å². The van der Waals surface area contributed by atoms with Crippen molar-refractivity contribution < 1.29 is 19.4 Å². The van der Waals surface area contributed by atoms with E-state index in [1.54, 1.807) is 7.11 Å². The van der Waals surface area contributed by atoms with Crippen LogP contribution in [0.1, 0.15) is 30.4 Å². The van der Waals surface area contributed by atoms with Gasteiger partial charge in [0.25, 0.3) is 0 Å². The molecule has 0 radical (unpaired) electrons. The fraction of sp³-hybridized carbons (Fsp3) is 0.375. The number of fused-ring (bicyclic) bond motifs is 1. The van der Waals surface area contributed by atoms with Crippen LogP contribution in [0.25, 0.3) is 0 Å². The summed E-state index contributed by atoms with van der Waals surface area (Å²) in [6.07, 6.45) is 2.53. The molecule has 1 aliphatic carbocycles. The first-order chi connectivity index (χ1) is 11.6. The number of aliphatic carboxylic acids is 1. The van der Waals surface area contributed by atoms with Crippen molar-refractivity contribution in [1.82, 2.24) is 5.32 Å². The maximum atomic E-state index is 11.7. The monoisotopic (exact) mass is 347 g/mol. The van der Waals surface area contributed by atoms with Crippen molar-refractivity contribution in [2.24, 2.45) is 10.2 Å². The van der Waals surface area contributed by atoms with Crippen molar-refractivity contribution in [2.75, 3.05) is 7.11 Å². The van der Waals surface area contributed by atoms with E-state index in [9.17, 15) is 9.59 Å². The van der Waals surface area contributed by atoms with E-state index in [1.165, 1.54) is 5.56 Å². The van der Waals surface area contributed by atoms with Crippen molar-refractivity contribution >= 4 is 34.5 Å². The van der Waals surface area contributed by atoms with Crippen LogP contribution in [0.5, 0.6) is 5.75 Å². The molecule has 126 valence electrons. The van der Waals surface area contributed by atoms with Crippen molar-refractivity contribution in [3.8, 4) is 5.75 Å². The Kier molecular flexibility index (Phi) is 4.84. The van der Waals surface area contributed by atoms with Crippen LogP contribution in [-0.4, -0.2) is 40.2 Å². The zero-order valence-electron chi connectivity index (χ0n) is 13.1. The summed E-state index contributed by atoms with van der Waals surface area (Å²) in [6, 6.07) is 5.87. The van der Waals surface area contributed by atoms with Crippen molar-refractivity contribution in [3.05, 3.63) is 29.3 Å². The number of aryl methyl sites for hydroxylation is 1. The number of carboxylic acids is 1. The van der Waals surface area contributed by atoms with Gasteiger partial charge in [0.2, 0.25) is 5.91 Å². The lowest BCUT2D eigenvalue weighted by atomic mass is 9.90. The van der Waals surface area contributed by atoms with Gasteiger partial charge in [-0.1, -0.05) is 11.8 Å². The van der Waals surface area contributed by atoms with Gasteiger partial charge in [0, 0.05) is 5.56 Å². The van der Waals surface area contributed by atoms with Crippen LogP contribution < -0.4 is 10.1 Å². The summed E-state index contributed by atoms with van der Waals surface area (Å²) in [5.74, 6) is -0.531. The molecule has 1 heterocycles. The summed E-state index contributed by atoms with van der Waals surface area (Å²) in [5, 5.41) is 19.5. The summed E-state index contributed by atoms with van der Waals surface area (Å²) >= 11 is 1.10. The zero-order valence-corrected chi connectivity index (χ0v) is 13.9. The van der Waals surface area contributed by atoms with Crippen LogP contribution >= 0.6 is 11.8 Å². The largest absolute Gasteiger partial charge is 0.497 e. The van der Waals surface area contributed by atoms with E-state index in [2.05, 4.69) is 15.5 Å². The first-order valence-electron chi connectivity index (χ1n) is 7.58. The zero-order chi connectivity index (χ0) is 17.1. The number of amidine groups is 1. The summed E-state index contributed by atoms with van der Waals surface area (Å²) in [6.45, 7) is 0. The maximum Gasteiger partial charge on any atom is 0.305 e. The molecule has 0 unspecified atom stereocenters. The number of hydrogen-bond donors (Lipinski definition) is 2. The third-order valence-corrected chi connectivity index (χ3v) is 4.95. The molecule has 1 fully saturated rings. The molecule has 1 aromatic carbocycles. The number of benzene rings is 1. The highest BCUT2D eigenvalue weighted by Gasteiger charge is 2.32. The van der Waals surface area contributed by atoms with Crippen LogP contribution in [-0.2, 0) is 16.0 Å². The second-order valence-corrected chi connectivity index (χ2v) is 6.71. The topological polar surface area (TPSA) is 100 Å². The number of carbonyl (C=O) groups is 2. The molecule has 7 nitrogen and oxygen atoms in total. The summed E-state index contributed by atoms with van der Waals surface area (Å²) in [7, 11) is 1.64. The molecule has 8 heteroatoms. The average molecular weight is 347 g/mol. The predicted octanol–water partition coefficient (Wildman–Crippen LogP) is 1.80. The molecular weight excluding hydrogens is 330 g/mol. The first-order valence-corrected chi connectivity index (χ1v) is 8.46. The predicted molar refractivity (Wildman–Crippen MR) is 91.7 cm³/mol. The highest BCUT2D eigenvalue weighted by atomic mass is 32.2. The van der Waals surface area contributed by atoms with Gasteiger partial charge in [-0.05, 0) is 43.0 Å². The fourth-order valence-electron chi connectivity index (χ4n) is 2.72. The molecule has 0 saturated carbocycles. The van der Waals surface area contributed by atoms with E-state index in [1.807, 2.05) is 18.2 Å². The van der Waals surface area contributed by atoms with Crippen LogP contribution in [0.4, 0.5) is 0 Å². The molecule has 1 saturated heterocycles. The minimum absolute atomic E-state index is 0.227. The van der Waals surface area contributed by atoms with E-state index >= 15 is 0 Å². The minimum Gasteiger partial charge on any atom is -0.497 e. The van der Waals surface area contributed by atoms with E-state index in [0.29, 0.717) is 5.17 Å². The second kappa shape index (κ2) is 7.04. The lowest BCUT2D eigenvalue weighted by Crippen LogP contribution is -2.26. The molecule has 1 atom stereocenters. The molecule has 0 spiro atoms. The molecule has 0 aromatic heterocycles. The number of hydrogen-bond acceptors (Lipinski definition) is 6. The Morgan fingerprint density at radius 3 is 3.00 bits per heavy atom. The quantitative estimate of drug-likeness (QED) is 0.809. The van der Waals surface area contributed by atoms with E-state index in [4.69, 9.17) is 9.84 Å². The van der Waals surface area contributed by atoms with Gasteiger partial charge < -0.3 is 15.2 Å². The lowest BCUT2D eigenvalue weighted by Gasteiger charge is -2.17. The molecule has 2 aliphatic rings. The Bertz CT molecular complexity index is 745. The van der Waals surface area contributed by atoms with Gasteiger partial charge in [-0.3, -0.25) is 9.59 Å². The standard InChI is InChI=1S/C16H17N3O4S/c1-23-10-5-6-11-9(7-10)3-2-4-12(11)18-19-16-17-15(22)13(24-16)8-14(20)21/h5-7,13H,2-4,8H2,1H3,(H,20,21)(H,17,19,22)/b18-12-/t13-/m1/s1. The summed E-state index contributed by atoms with van der Waals surface area (Å²) in [4.78, 5) is 22.4. The molecule has 1 aliphatic heterocycles. The summed E-state index contributed by atoms with van der Waals surface area (Å²) < 4.78 is 5.25. The van der Waals surface area contributed by atoms with Gasteiger partial charge in [-0.15, -0.1) is 5.10 Å². The van der Waals surface area contributed by atoms with E-state index in [-0.39, 0.29) is 12.3 Å². The number of amides is 1. The Morgan fingerprint density at radius 1 is 1.42 bits per heavy atom. The number of rotatable bonds is 4. The lowest BCUT2D eigenvalue weighted by molar-refractivity contribution is -0.138. The molecule has 1 amide bonds. The van der Waals surface area contributed by atoms with Crippen LogP contribution in [0.3, 0.4) is 0 Å². The van der Waals surface area contributed by atoms with Crippen molar-refractivity contribution in [1.29, 1.82) is 0 Å². The number of ether oxygens (including phenoxy) is 1. The number of thioether (sulfide) groups is 1. The van der Waals surface area contributed by atoms with E-state index in [0.717, 1.165) is 48.0 Å². The third-order valence-electron chi connectivity index (χ3n) is 3.88. The Balaban J connectivity index is 1.79. The maximum absolute atomic E-state index is 11.7. The third kappa shape index (κ3) is 3.59. The fourth-order valence-corrected chi connectivity index (χ4v) is 3.63. The Labute approximate surface area is 143 Å². The number of carbonyl (C=O) groups excluding carboxylic acids is 1. The molecule has 0 bridgehead atoms. The highest BCUT2D eigenvalue weighted by Crippen LogP contribution is 2.27. The number of carboxylic acid groups (broad SMARTS) is 1. The number of nitrogens with zero attached hydrogens (tertiary/aromatic N) is 2. The average Bonchev–Trinajstić information content (AvgIpc) is 2.91. The number of methoxy groups -OCH3 is 1.